The SMILES string of the molecule is COC(=O)c1c(C)cc2c(c(C)c1=O)O[C@@]1(C)CC[C@H]3C(C)(C)OC(=O)C=C[C@]3(C)[C@@H]1C2. The Morgan fingerprint density at radius 1 is 1.09 bits per heavy atom. The van der Waals surface area contributed by atoms with Gasteiger partial charge in [-0.1, -0.05) is 19.1 Å². The number of carbonyl (C=O) groups is 2. The minimum absolute atomic E-state index is 0.0507. The highest BCUT2D eigenvalue weighted by molar-refractivity contribution is 5.91. The van der Waals surface area contributed by atoms with E-state index < -0.39 is 17.2 Å². The number of rotatable bonds is 1. The van der Waals surface area contributed by atoms with Gasteiger partial charge in [0.15, 0.2) is 5.43 Å². The van der Waals surface area contributed by atoms with Gasteiger partial charge in [0.2, 0.25) is 0 Å². The van der Waals surface area contributed by atoms with Crippen molar-refractivity contribution < 1.29 is 23.8 Å². The van der Waals surface area contributed by atoms with Crippen LogP contribution in [0.15, 0.2) is 23.0 Å². The number of hydrogen-bond donors (Lipinski definition) is 0. The summed E-state index contributed by atoms with van der Waals surface area (Å²) in [5.74, 6) is -0.201. The standard InChI is InChI=1S/C26H32O6/c1-14-12-16-13-18-25(5)10-9-19(27)31-24(3,4)17(25)8-11-26(18,6)32-22(16)15(2)21(28)20(14)23(29)30-7/h9-10,12,17-18H,8,11,13H2,1-7H3/t17-,18-,25-,26-/m0/s1. The highest BCUT2D eigenvalue weighted by Gasteiger charge is 2.60. The molecule has 0 amide bonds. The lowest BCUT2D eigenvalue weighted by Gasteiger charge is -2.58. The molecule has 6 nitrogen and oxygen atoms in total. The van der Waals surface area contributed by atoms with Gasteiger partial charge in [-0.15, -0.1) is 0 Å². The molecule has 0 unspecified atom stereocenters. The summed E-state index contributed by atoms with van der Waals surface area (Å²) < 4.78 is 17.3. The van der Waals surface area contributed by atoms with Crippen LogP contribution < -0.4 is 10.2 Å². The Morgan fingerprint density at radius 3 is 2.44 bits per heavy atom. The largest absolute Gasteiger partial charge is 0.487 e. The second kappa shape index (κ2) is 7.19. The molecule has 0 spiro atoms. The van der Waals surface area contributed by atoms with Crippen LogP contribution in [0.1, 0.15) is 67.6 Å². The van der Waals surface area contributed by atoms with Crippen LogP contribution in [0.4, 0.5) is 0 Å². The Bertz CT molecular complexity index is 1100. The van der Waals surface area contributed by atoms with Crippen molar-refractivity contribution in [3.63, 3.8) is 0 Å². The minimum atomic E-state index is -0.636. The third kappa shape index (κ3) is 3.18. The summed E-state index contributed by atoms with van der Waals surface area (Å²) in [6.07, 6.45) is 5.84. The maximum atomic E-state index is 13.1. The molecule has 1 aromatic rings. The van der Waals surface area contributed by atoms with E-state index in [-0.39, 0.29) is 34.2 Å². The van der Waals surface area contributed by atoms with Gasteiger partial charge in [-0.3, -0.25) is 4.79 Å². The molecular formula is C26H32O6. The summed E-state index contributed by atoms with van der Waals surface area (Å²) in [5, 5.41) is 0. The molecule has 0 N–H and O–H groups in total. The maximum absolute atomic E-state index is 13.1. The number of allylic oxidation sites excluding steroid dienone is 1. The van der Waals surface area contributed by atoms with Crippen LogP contribution in [-0.2, 0) is 20.7 Å². The maximum Gasteiger partial charge on any atom is 0.342 e. The summed E-state index contributed by atoms with van der Waals surface area (Å²) in [6.45, 7) is 11.7. The van der Waals surface area contributed by atoms with Crippen molar-refractivity contribution in [2.75, 3.05) is 7.11 Å². The Balaban J connectivity index is 1.91. The quantitative estimate of drug-likeness (QED) is 0.613. The summed E-state index contributed by atoms with van der Waals surface area (Å²) >= 11 is 0. The number of cyclic esters (lactones) is 1. The Labute approximate surface area is 188 Å². The van der Waals surface area contributed by atoms with E-state index >= 15 is 0 Å². The smallest absolute Gasteiger partial charge is 0.342 e. The van der Waals surface area contributed by atoms with E-state index in [2.05, 4.69) is 13.8 Å². The number of esters is 2. The summed E-state index contributed by atoms with van der Waals surface area (Å²) in [7, 11) is 1.28. The molecule has 32 heavy (non-hydrogen) atoms. The minimum Gasteiger partial charge on any atom is -0.487 e. The van der Waals surface area contributed by atoms with Crippen LogP contribution in [0.5, 0.6) is 5.75 Å². The molecule has 4 rings (SSSR count). The van der Waals surface area contributed by atoms with Crippen molar-refractivity contribution in [3.05, 3.63) is 50.7 Å². The molecule has 1 aliphatic carbocycles. The lowest BCUT2D eigenvalue weighted by atomic mass is 9.51. The van der Waals surface area contributed by atoms with Gasteiger partial charge in [0.1, 0.15) is 22.5 Å². The van der Waals surface area contributed by atoms with Crippen LogP contribution in [-0.4, -0.2) is 30.3 Å². The summed E-state index contributed by atoms with van der Waals surface area (Å²) in [5.41, 5.74) is 0.131. The first-order chi connectivity index (χ1) is 14.8. The number of methoxy groups -OCH3 is 1. The molecule has 1 aromatic carbocycles. The first-order valence-electron chi connectivity index (χ1n) is 11.2. The van der Waals surface area contributed by atoms with Crippen molar-refractivity contribution in [2.45, 2.75) is 72.0 Å². The highest BCUT2D eigenvalue weighted by Crippen LogP contribution is 2.60. The van der Waals surface area contributed by atoms with Gasteiger partial charge < -0.3 is 14.2 Å². The van der Waals surface area contributed by atoms with Crippen molar-refractivity contribution in [3.8, 4) is 5.75 Å². The fourth-order valence-electron chi connectivity index (χ4n) is 6.53. The molecule has 6 heteroatoms. The number of ether oxygens (including phenoxy) is 3. The van der Waals surface area contributed by atoms with Crippen LogP contribution in [0, 0.1) is 31.1 Å². The molecule has 0 radical (unpaired) electrons. The normalized spacial score (nSPS) is 32.4. The van der Waals surface area contributed by atoms with Gasteiger partial charge >= 0.3 is 11.9 Å². The van der Waals surface area contributed by atoms with E-state index in [1.165, 1.54) is 7.11 Å². The number of aryl methyl sites for hydroxylation is 1. The molecule has 172 valence electrons. The number of carbonyl (C=O) groups excluding carboxylic acids is 2. The molecule has 3 aliphatic rings. The van der Waals surface area contributed by atoms with Gasteiger partial charge in [0.05, 0.1) is 7.11 Å². The molecule has 0 saturated heterocycles. The molecular weight excluding hydrogens is 408 g/mol. The Hall–Kier alpha value is -2.63. The zero-order chi connectivity index (χ0) is 23.6. The van der Waals surface area contributed by atoms with E-state index in [0.717, 1.165) is 18.4 Å². The molecule has 1 saturated carbocycles. The Morgan fingerprint density at radius 2 is 1.78 bits per heavy atom. The van der Waals surface area contributed by atoms with E-state index in [1.807, 2.05) is 26.0 Å². The van der Waals surface area contributed by atoms with Gasteiger partial charge in [0, 0.05) is 23.5 Å². The number of hydrogen-bond acceptors (Lipinski definition) is 6. The first kappa shape index (κ1) is 22.6. The zero-order valence-electron chi connectivity index (χ0n) is 20.0. The highest BCUT2D eigenvalue weighted by atomic mass is 16.6. The predicted octanol–water partition coefficient (Wildman–Crippen LogP) is 4.07. The van der Waals surface area contributed by atoms with E-state index in [4.69, 9.17) is 14.2 Å². The van der Waals surface area contributed by atoms with Gasteiger partial charge in [-0.05, 0) is 70.4 Å². The monoisotopic (exact) mass is 440 g/mol. The topological polar surface area (TPSA) is 78.9 Å². The van der Waals surface area contributed by atoms with E-state index in [0.29, 0.717) is 23.3 Å². The zero-order valence-corrected chi connectivity index (χ0v) is 20.0. The van der Waals surface area contributed by atoms with E-state index in [1.54, 1.807) is 19.9 Å². The lowest BCUT2D eigenvalue weighted by molar-refractivity contribution is -0.173. The van der Waals surface area contributed by atoms with Crippen molar-refractivity contribution in [1.29, 1.82) is 0 Å². The molecule has 2 heterocycles. The molecule has 1 fully saturated rings. The molecule has 4 atom stereocenters. The van der Waals surface area contributed by atoms with Gasteiger partial charge in [0.25, 0.3) is 0 Å². The van der Waals surface area contributed by atoms with E-state index in [9.17, 15) is 14.4 Å². The third-order valence-electron chi connectivity index (χ3n) is 8.08. The van der Waals surface area contributed by atoms with Gasteiger partial charge in [-0.25, -0.2) is 9.59 Å². The van der Waals surface area contributed by atoms with Crippen LogP contribution in [0.2, 0.25) is 0 Å². The fourth-order valence-corrected chi connectivity index (χ4v) is 6.53. The molecule has 0 aromatic heterocycles. The Kier molecular flexibility index (Phi) is 5.07. The van der Waals surface area contributed by atoms with Crippen LogP contribution in [0.25, 0.3) is 0 Å². The lowest BCUT2D eigenvalue weighted by Crippen LogP contribution is -2.60. The van der Waals surface area contributed by atoms with Crippen molar-refractivity contribution >= 4 is 11.9 Å². The molecule has 2 aliphatic heterocycles. The molecule has 0 bridgehead atoms. The summed E-state index contributed by atoms with van der Waals surface area (Å²) in [4.78, 5) is 37.8. The van der Waals surface area contributed by atoms with Crippen molar-refractivity contribution in [1.82, 2.24) is 0 Å². The third-order valence-corrected chi connectivity index (χ3v) is 8.08. The average molecular weight is 441 g/mol. The number of fused-ring (bicyclic) bond motifs is 4. The predicted molar refractivity (Wildman–Crippen MR) is 120 cm³/mol. The van der Waals surface area contributed by atoms with Crippen molar-refractivity contribution in [2.24, 2.45) is 17.3 Å². The van der Waals surface area contributed by atoms with Crippen LogP contribution >= 0.6 is 0 Å². The average Bonchev–Trinajstić information content (AvgIpc) is 2.85. The second-order valence-electron chi connectivity index (χ2n) is 10.5. The second-order valence-corrected chi connectivity index (χ2v) is 10.5. The first-order valence-corrected chi connectivity index (χ1v) is 11.2. The summed E-state index contributed by atoms with van der Waals surface area (Å²) in [6, 6.07) is 1.88. The van der Waals surface area contributed by atoms with Crippen LogP contribution in [0.3, 0.4) is 0 Å². The van der Waals surface area contributed by atoms with Gasteiger partial charge in [-0.2, -0.15) is 0 Å². The fraction of sp³-hybridized carbons (Fsp3) is 0.577.